The van der Waals surface area contributed by atoms with Gasteiger partial charge in [-0.25, -0.2) is 4.39 Å². The van der Waals surface area contributed by atoms with E-state index < -0.39 is 0 Å². The number of halogens is 1. The summed E-state index contributed by atoms with van der Waals surface area (Å²) in [7, 11) is 1.78. The van der Waals surface area contributed by atoms with Crippen LogP contribution in [0.5, 0.6) is 0 Å². The summed E-state index contributed by atoms with van der Waals surface area (Å²) in [6.45, 7) is 1.99. The van der Waals surface area contributed by atoms with Gasteiger partial charge in [-0.1, -0.05) is 60.2 Å². The van der Waals surface area contributed by atoms with Crippen LogP contribution in [-0.4, -0.2) is 17.9 Å². The molecule has 0 aliphatic carbocycles. The number of benzene rings is 3. The molecule has 3 heteroatoms. The van der Waals surface area contributed by atoms with E-state index in [4.69, 9.17) is 0 Å². The lowest BCUT2D eigenvalue weighted by Gasteiger charge is -2.29. The fourth-order valence-electron chi connectivity index (χ4n) is 2.94. The molecule has 0 heterocycles. The predicted octanol–water partition coefficient (Wildman–Crippen LogP) is 5.00. The van der Waals surface area contributed by atoms with Crippen molar-refractivity contribution in [1.29, 1.82) is 0 Å². The van der Waals surface area contributed by atoms with Gasteiger partial charge in [-0.05, 0) is 42.3 Å². The van der Waals surface area contributed by atoms with Gasteiger partial charge in [-0.15, -0.1) is 0 Å². The first-order chi connectivity index (χ1) is 12.1. The lowest BCUT2D eigenvalue weighted by Crippen LogP contribution is -2.32. The van der Waals surface area contributed by atoms with E-state index in [-0.39, 0.29) is 17.8 Å². The molecule has 1 amide bonds. The van der Waals surface area contributed by atoms with E-state index in [1.807, 2.05) is 61.5 Å². The third kappa shape index (κ3) is 3.77. The third-order valence-electron chi connectivity index (χ3n) is 4.31. The van der Waals surface area contributed by atoms with Gasteiger partial charge in [0.2, 0.25) is 0 Å². The summed E-state index contributed by atoms with van der Waals surface area (Å²) < 4.78 is 13.3. The summed E-state index contributed by atoms with van der Waals surface area (Å²) in [5, 5.41) is 0. The SMILES string of the molecule is Cc1ccc(C(=O)N(C)C(c2ccccc2)c2ccc(F)cc2)cc1. The van der Waals surface area contributed by atoms with E-state index in [0.717, 1.165) is 16.7 Å². The first-order valence-corrected chi connectivity index (χ1v) is 8.20. The molecule has 0 spiro atoms. The molecule has 0 saturated heterocycles. The maximum atomic E-state index is 13.3. The van der Waals surface area contributed by atoms with Crippen molar-refractivity contribution in [2.24, 2.45) is 0 Å². The second-order valence-electron chi connectivity index (χ2n) is 6.15. The molecule has 25 heavy (non-hydrogen) atoms. The van der Waals surface area contributed by atoms with Crippen LogP contribution in [0.2, 0.25) is 0 Å². The zero-order valence-electron chi connectivity index (χ0n) is 14.3. The fraction of sp³-hybridized carbons (Fsp3) is 0.136. The van der Waals surface area contributed by atoms with Crippen LogP contribution in [0.3, 0.4) is 0 Å². The van der Waals surface area contributed by atoms with Gasteiger partial charge in [-0.3, -0.25) is 4.79 Å². The maximum Gasteiger partial charge on any atom is 0.254 e. The highest BCUT2D eigenvalue weighted by Gasteiger charge is 2.24. The average molecular weight is 333 g/mol. The molecule has 0 saturated carbocycles. The van der Waals surface area contributed by atoms with Crippen molar-refractivity contribution in [3.05, 3.63) is 107 Å². The van der Waals surface area contributed by atoms with Crippen LogP contribution in [0.1, 0.15) is 33.1 Å². The van der Waals surface area contributed by atoms with Crippen molar-refractivity contribution in [2.45, 2.75) is 13.0 Å². The van der Waals surface area contributed by atoms with Gasteiger partial charge in [0.15, 0.2) is 0 Å². The van der Waals surface area contributed by atoms with Crippen molar-refractivity contribution in [3.63, 3.8) is 0 Å². The zero-order chi connectivity index (χ0) is 17.8. The second-order valence-corrected chi connectivity index (χ2v) is 6.15. The minimum absolute atomic E-state index is 0.0711. The lowest BCUT2D eigenvalue weighted by atomic mass is 9.96. The zero-order valence-corrected chi connectivity index (χ0v) is 14.3. The molecule has 0 aliphatic heterocycles. The molecule has 1 atom stereocenters. The molecule has 0 aromatic heterocycles. The minimum Gasteiger partial charge on any atom is -0.331 e. The van der Waals surface area contributed by atoms with Gasteiger partial charge in [0.05, 0.1) is 6.04 Å². The van der Waals surface area contributed by atoms with Gasteiger partial charge in [0, 0.05) is 12.6 Å². The summed E-state index contributed by atoms with van der Waals surface area (Å²) >= 11 is 0. The molecule has 0 radical (unpaired) electrons. The molecule has 3 aromatic rings. The van der Waals surface area contributed by atoms with Crippen LogP contribution in [-0.2, 0) is 0 Å². The number of hydrogen-bond acceptors (Lipinski definition) is 1. The Morgan fingerprint density at radius 3 is 2.00 bits per heavy atom. The van der Waals surface area contributed by atoms with Crippen molar-refractivity contribution < 1.29 is 9.18 Å². The molecule has 0 aliphatic rings. The van der Waals surface area contributed by atoms with Gasteiger partial charge < -0.3 is 4.90 Å². The summed E-state index contributed by atoms with van der Waals surface area (Å²) in [6, 6.07) is 23.3. The van der Waals surface area contributed by atoms with Gasteiger partial charge >= 0.3 is 0 Å². The highest BCUT2D eigenvalue weighted by Crippen LogP contribution is 2.29. The van der Waals surface area contributed by atoms with Crippen molar-refractivity contribution in [2.75, 3.05) is 7.05 Å². The molecule has 3 aromatic carbocycles. The van der Waals surface area contributed by atoms with Gasteiger partial charge in [-0.2, -0.15) is 0 Å². The van der Waals surface area contributed by atoms with Crippen molar-refractivity contribution in [1.82, 2.24) is 4.90 Å². The smallest absolute Gasteiger partial charge is 0.254 e. The Hall–Kier alpha value is -2.94. The van der Waals surface area contributed by atoms with E-state index >= 15 is 0 Å². The number of rotatable bonds is 4. The monoisotopic (exact) mass is 333 g/mol. The molecule has 1 unspecified atom stereocenters. The minimum atomic E-state index is -0.289. The standard InChI is InChI=1S/C22H20FNO/c1-16-8-10-19(11-9-16)22(25)24(2)21(17-6-4-3-5-7-17)18-12-14-20(23)15-13-18/h3-15,21H,1-2H3. The highest BCUT2D eigenvalue weighted by atomic mass is 19.1. The van der Waals surface area contributed by atoms with Gasteiger partial charge in [0.1, 0.15) is 5.82 Å². The van der Waals surface area contributed by atoms with Crippen molar-refractivity contribution in [3.8, 4) is 0 Å². The first-order valence-electron chi connectivity index (χ1n) is 8.20. The van der Waals surface area contributed by atoms with E-state index in [0.29, 0.717) is 5.56 Å². The van der Waals surface area contributed by atoms with Crippen LogP contribution in [0.15, 0.2) is 78.9 Å². The summed E-state index contributed by atoms with van der Waals surface area (Å²) in [4.78, 5) is 14.7. The molecular weight excluding hydrogens is 313 g/mol. The van der Waals surface area contributed by atoms with E-state index in [1.54, 1.807) is 24.1 Å². The Morgan fingerprint density at radius 2 is 1.40 bits per heavy atom. The van der Waals surface area contributed by atoms with Crippen LogP contribution in [0, 0.1) is 12.7 Å². The molecule has 3 rings (SSSR count). The Labute approximate surface area is 147 Å². The summed E-state index contributed by atoms with van der Waals surface area (Å²) in [6.07, 6.45) is 0. The molecular formula is C22H20FNO. The average Bonchev–Trinajstić information content (AvgIpc) is 2.64. The van der Waals surface area contributed by atoms with Gasteiger partial charge in [0.25, 0.3) is 5.91 Å². The molecule has 0 fully saturated rings. The van der Waals surface area contributed by atoms with Crippen LogP contribution in [0.4, 0.5) is 4.39 Å². The third-order valence-corrected chi connectivity index (χ3v) is 4.31. The molecule has 126 valence electrons. The van der Waals surface area contributed by atoms with E-state index in [1.165, 1.54) is 12.1 Å². The maximum absolute atomic E-state index is 13.3. The molecule has 0 bridgehead atoms. The summed E-state index contributed by atoms with van der Waals surface area (Å²) in [5.41, 5.74) is 3.60. The normalized spacial score (nSPS) is 11.8. The van der Waals surface area contributed by atoms with Crippen LogP contribution < -0.4 is 0 Å². The number of carbonyl (C=O) groups is 1. The Kier molecular flexibility index (Phi) is 4.94. The lowest BCUT2D eigenvalue weighted by molar-refractivity contribution is 0.0755. The Balaban J connectivity index is 2.00. The Bertz CT molecular complexity index is 841. The first kappa shape index (κ1) is 16.9. The largest absolute Gasteiger partial charge is 0.331 e. The number of amides is 1. The highest BCUT2D eigenvalue weighted by molar-refractivity contribution is 5.94. The predicted molar refractivity (Wildman–Crippen MR) is 98.0 cm³/mol. The topological polar surface area (TPSA) is 20.3 Å². The fourth-order valence-corrected chi connectivity index (χ4v) is 2.94. The van der Waals surface area contributed by atoms with Crippen LogP contribution >= 0.6 is 0 Å². The summed E-state index contributed by atoms with van der Waals surface area (Å²) in [5.74, 6) is -0.360. The number of hydrogen-bond donors (Lipinski definition) is 0. The molecule has 2 nitrogen and oxygen atoms in total. The Morgan fingerprint density at radius 1 is 0.840 bits per heavy atom. The second kappa shape index (κ2) is 7.31. The number of aryl methyl sites for hydroxylation is 1. The van der Waals surface area contributed by atoms with Crippen molar-refractivity contribution >= 4 is 5.91 Å². The quantitative estimate of drug-likeness (QED) is 0.658. The van der Waals surface area contributed by atoms with E-state index in [9.17, 15) is 9.18 Å². The number of nitrogens with zero attached hydrogens (tertiary/aromatic N) is 1. The van der Waals surface area contributed by atoms with E-state index in [2.05, 4.69) is 0 Å². The molecule has 0 N–H and O–H groups in total. The van der Waals surface area contributed by atoms with Crippen LogP contribution in [0.25, 0.3) is 0 Å². The number of carbonyl (C=O) groups excluding carboxylic acids is 1.